The molecule has 0 bridgehead atoms. The van der Waals surface area contributed by atoms with Crippen LogP contribution in [0.2, 0.25) is 0 Å². The Morgan fingerprint density at radius 1 is 1.46 bits per heavy atom. The summed E-state index contributed by atoms with van der Waals surface area (Å²) in [5.41, 5.74) is 1.03. The molecule has 0 saturated carbocycles. The lowest BCUT2D eigenvalue weighted by Crippen LogP contribution is -1.91. The molecule has 0 amide bonds. The summed E-state index contributed by atoms with van der Waals surface area (Å²) >= 11 is 0. The lowest BCUT2D eigenvalue weighted by atomic mass is 10.2. The molecule has 0 heterocycles. The van der Waals surface area contributed by atoms with Crippen molar-refractivity contribution in [3.05, 3.63) is 35.9 Å². The van der Waals surface area contributed by atoms with Crippen molar-refractivity contribution in [3.63, 3.8) is 0 Å². The summed E-state index contributed by atoms with van der Waals surface area (Å²) in [5, 5.41) is 9.02. The van der Waals surface area contributed by atoms with Crippen LogP contribution in [0.15, 0.2) is 30.3 Å². The average Bonchev–Trinajstić information content (AvgIpc) is 2.15. The first kappa shape index (κ1) is 9.81. The van der Waals surface area contributed by atoms with Crippen molar-refractivity contribution < 1.29 is 9.84 Å². The van der Waals surface area contributed by atoms with Gasteiger partial charge in [0.25, 0.3) is 0 Å². The zero-order valence-electron chi connectivity index (χ0n) is 7.90. The minimum absolute atomic E-state index is 0.411. The van der Waals surface area contributed by atoms with Gasteiger partial charge in [-0.1, -0.05) is 24.3 Å². The number of methoxy groups -OCH3 is 1. The summed E-state index contributed by atoms with van der Waals surface area (Å²) in [5.74, 6) is 0.827. The predicted octanol–water partition coefficient (Wildman–Crippen LogP) is 2.09. The highest BCUT2D eigenvalue weighted by atomic mass is 16.5. The number of rotatable bonds is 3. The monoisotopic (exact) mass is 178 g/mol. The minimum Gasteiger partial charge on any atom is -0.497 e. The van der Waals surface area contributed by atoms with E-state index in [1.807, 2.05) is 30.3 Å². The van der Waals surface area contributed by atoms with E-state index in [2.05, 4.69) is 0 Å². The van der Waals surface area contributed by atoms with Crippen molar-refractivity contribution in [2.75, 3.05) is 7.11 Å². The standard InChI is InChI=1S/C11H14O2/c1-9(12)6-7-10-4-3-5-11(8-10)13-2/h3-9,12H,1-2H3/b7-6+/t9-/m0/s1. The summed E-state index contributed by atoms with van der Waals surface area (Å²) in [6.07, 6.45) is 3.19. The normalized spacial score (nSPS) is 13.2. The number of aliphatic hydroxyl groups is 1. The molecule has 70 valence electrons. The Morgan fingerprint density at radius 2 is 2.23 bits per heavy atom. The fourth-order valence-electron chi connectivity index (χ4n) is 0.996. The van der Waals surface area contributed by atoms with Gasteiger partial charge in [0.2, 0.25) is 0 Å². The first-order valence-electron chi connectivity index (χ1n) is 4.22. The highest BCUT2D eigenvalue weighted by Crippen LogP contribution is 2.13. The molecule has 0 fully saturated rings. The quantitative estimate of drug-likeness (QED) is 0.768. The van der Waals surface area contributed by atoms with Crippen molar-refractivity contribution in [1.29, 1.82) is 0 Å². The fraction of sp³-hybridized carbons (Fsp3) is 0.273. The Labute approximate surface area is 78.5 Å². The van der Waals surface area contributed by atoms with Gasteiger partial charge in [-0.25, -0.2) is 0 Å². The predicted molar refractivity (Wildman–Crippen MR) is 53.7 cm³/mol. The van der Waals surface area contributed by atoms with Crippen LogP contribution in [0, 0.1) is 0 Å². The van der Waals surface area contributed by atoms with Crippen LogP contribution in [0.4, 0.5) is 0 Å². The van der Waals surface area contributed by atoms with Gasteiger partial charge in [0.05, 0.1) is 13.2 Å². The molecular formula is C11H14O2. The van der Waals surface area contributed by atoms with E-state index < -0.39 is 6.10 Å². The summed E-state index contributed by atoms with van der Waals surface area (Å²) in [6, 6.07) is 7.68. The third kappa shape index (κ3) is 3.30. The zero-order valence-corrected chi connectivity index (χ0v) is 7.90. The van der Waals surface area contributed by atoms with Crippen LogP contribution in [-0.2, 0) is 0 Å². The Hall–Kier alpha value is -1.28. The SMILES string of the molecule is COc1cccc(/C=C/[C@H](C)O)c1. The molecule has 2 nitrogen and oxygen atoms in total. The molecule has 0 aliphatic heterocycles. The van der Waals surface area contributed by atoms with Gasteiger partial charge in [0.15, 0.2) is 0 Å². The van der Waals surface area contributed by atoms with E-state index in [-0.39, 0.29) is 0 Å². The summed E-state index contributed by atoms with van der Waals surface area (Å²) in [7, 11) is 1.64. The van der Waals surface area contributed by atoms with Crippen LogP contribution in [0.1, 0.15) is 12.5 Å². The van der Waals surface area contributed by atoms with Gasteiger partial charge >= 0.3 is 0 Å². The van der Waals surface area contributed by atoms with E-state index in [1.165, 1.54) is 0 Å². The first-order chi connectivity index (χ1) is 6.22. The maximum atomic E-state index is 9.02. The highest BCUT2D eigenvalue weighted by Gasteiger charge is 1.91. The highest BCUT2D eigenvalue weighted by molar-refractivity contribution is 5.52. The third-order valence-electron chi connectivity index (χ3n) is 1.66. The second kappa shape index (κ2) is 4.67. The molecular weight excluding hydrogens is 164 g/mol. The lowest BCUT2D eigenvalue weighted by molar-refractivity contribution is 0.245. The summed E-state index contributed by atoms with van der Waals surface area (Å²) in [4.78, 5) is 0. The molecule has 13 heavy (non-hydrogen) atoms. The topological polar surface area (TPSA) is 29.5 Å². The first-order valence-corrected chi connectivity index (χ1v) is 4.22. The van der Waals surface area contributed by atoms with Crippen LogP contribution < -0.4 is 4.74 Å². The van der Waals surface area contributed by atoms with E-state index in [1.54, 1.807) is 20.1 Å². The second-order valence-corrected chi connectivity index (χ2v) is 2.88. The van der Waals surface area contributed by atoms with Gasteiger partial charge in [0, 0.05) is 0 Å². The average molecular weight is 178 g/mol. The number of benzene rings is 1. The van der Waals surface area contributed by atoms with Gasteiger partial charge in [-0.05, 0) is 24.6 Å². The van der Waals surface area contributed by atoms with E-state index in [9.17, 15) is 0 Å². The van der Waals surface area contributed by atoms with E-state index >= 15 is 0 Å². The Kier molecular flexibility index (Phi) is 3.53. The van der Waals surface area contributed by atoms with Gasteiger partial charge < -0.3 is 9.84 Å². The Morgan fingerprint density at radius 3 is 2.85 bits per heavy atom. The minimum atomic E-state index is -0.411. The molecule has 1 atom stereocenters. The van der Waals surface area contributed by atoms with Crippen LogP contribution in [0.25, 0.3) is 6.08 Å². The molecule has 1 rings (SSSR count). The number of hydrogen-bond donors (Lipinski definition) is 1. The van der Waals surface area contributed by atoms with E-state index in [4.69, 9.17) is 9.84 Å². The molecule has 0 aliphatic carbocycles. The van der Waals surface area contributed by atoms with Gasteiger partial charge in [-0.3, -0.25) is 0 Å². The number of hydrogen-bond acceptors (Lipinski definition) is 2. The zero-order chi connectivity index (χ0) is 9.68. The van der Waals surface area contributed by atoms with Crippen LogP contribution >= 0.6 is 0 Å². The molecule has 1 aromatic rings. The number of aliphatic hydroxyl groups excluding tert-OH is 1. The molecule has 1 aromatic carbocycles. The van der Waals surface area contributed by atoms with Crippen molar-refractivity contribution >= 4 is 6.08 Å². The summed E-state index contributed by atoms with van der Waals surface area (Å²) in [6.45, 7) is 1.72. The van der Waals surface area contributed by atoms with Crippen molar-refractivity contribution in [2.24, 2.45) is 0 Å². The van der Waals surface area contributed by atoms with Gasteiger partial charge in [0.1, 0.15) is 5.75 Å². The van der Waals surface area contributed by atoms with Crippen LogP contribution in [0.5, 0.6) is 5.75 Å². The van der Waals surface area contributed by atoms with Crippen molar-refractivity contribution in [3.8, 4) is 5.75 Å². The second-order valence-electron chi connectivity index (χ2n) is 2.88. The van der Waals surface area contributed by atoms with Crippen LogP contribution in [-0.4, -0.2) is 18.3 Å². The fourth-order valence-corrected chi connectivity index (χ4v) is 0.996. The third-order valence-corrected chi connectivity index (χ3v) is 1.66. The molecule has 0 unspecified atom stereocenters. The van der Waals surface area contributed by atoms with Gasteiger partial charge in [-0.2, -0.15) is 0 Å². The molecule has 2 heteroatoms. The molecule has 0 aliphatic rings. The summed E-state index contributed by atoms with van der Waals surface area (Å²) < 4.78 is 5.07. The smallest absolute Gasteiger partial charge is 0.119 e. The number of ether oxygens (including phenoxy) is 1. The van der Waals surface area contributed by atoms with Gasteiger partial charge in [-0.15, -0.1) is 0 Å². The molecule has 0 saturated heterocycles. The van der Waals surface area contributed by atoms with Crippen LogP contribution in [0.3, 0.4) is 0 Å². The molecule has 0 aromatic heterocycles. The van der Waals surface area contributed by atoms with E-state index in [0.29, 0.717) is 0 Å². The maximum Gasteiger partial charge on any atom is 0.119 e. The Balaban J connectivity index is 2.77. The largest absolute Gasteiger partial charge is 0.497 e. The molecule has 1 N–H and O–H groups in total. The lowest BCUT2D eigenvalue weighted by Gasteiger charge is -2.00. The molecule has 0 spiro atoms. The van der Waals surface area contributed by atoms with Crippen molar-refractivity contribution in [2.45, 2.75) is 13.0 Å². The molecule has 0 radical (unpaired) electrons. The van der Waals surface area contributed by atoms with E-state index in [0.717, 1.165) is 11.3 Å². The Bertz CT molecular complexity index is 290. The maximum absolute atomic E-state index is 9.02. The van der Waals surface area contributed by atoms with Crippen molar-refractivity contribution in [1.82, 2.24) is 0 Å².